The van der Waals surface area contributed by atoms with E-state index in [9.17, 15) is 9.59 Å². The summed E-state index contributed by atoms with van der Waals surface area (Å²) in [6.45, 7) is 7.52. The largest absolute Gasteiger partial charge is 0.461 e. The minimum atomic E-state index is -0.328. The van der Waals surface area contributed by atoms with E-state index in [-0.39, 0.29) is 30.1 Å². The van der Waals surface area contributed by atoms with Crippen LogP contribution in [0.15, 0.2) is 22.8 Å². The summed E-state index contributed by atoms with van der Waals surface area (Å²) < 4.78 is 10.8. The lowest BCUT2D eigenvalue weighted by Crippen LogP contribution is -2.17. The first-order valence-electron chi connectivity index (χ1n) is 7.50. The second-order valence-corrected chi connectivity index (χ2v) is 6.35. The van der Waals surface area contributed by atoms with Crippen LogP contribution in [0.5, 0.6) is 0 Å². The molecule has 1 fully saturated rings. The normalized spacial score (nSPS) is 31.9. The smallest absolute Gasteiger partial charge is 0.302 e. The predicted molar refractivity (Wildman–Crippen MR) is 79.8 cm³/mol. The van der Waals surface area contributed by atoms with Crippen molar-refractivity contribution >= 4 is 11.8 Å². The van der Waals surface area contributed by atoms with Gasteiger partial charge in [0.2, 0.25) is 0 Å². The number of ether oxygens (including phenoxy) is 2. The zero-order valence-electron chi connectivity index (χ0n) is 13.3. The topological polar surface area (TPSA) is 55.9 Å². The maximum absolute atomic E-state index is 12.5. The van der Waals surface area contributed by atoms with E-state index in [1.807, 2.05) is 13.8 Å². The monoisotopic (exact) mass is 292 g/mol. The summed E-state index contributed by atoms with van der Waals surface area (Å²) in [5.74, 6) is -0.209. The fourth-order valence-electron chi connectivity index (χ4n) is 2.81. The molecule has 0 aromatic carbocycles. The van der Waals surface area contributed by atoms with Crippen LogP contribution in [-0.2, 0) is 19.1 Å². The Morgan fingerprint density at radius 1 is 1.48 bits per heavy atom. The van der Waals surface area contributed by atoms with Crippen molar-refractivity contribution in [2.24, 2.45) is 0 Å². The van der Waals surface area contributed by atoms with Gasteiger partial charge < -0.3 is 9.47 Å². The molecular weight excluding hydrogens is 268 g/mol. The third-order valence-electron chi connectivity index (χ3n) is 4.34. The van der Waals surface area contributed by atoms with Gasteiger partial charge in [-0.2, -0.15) is 0 Å². The Morgan fingerprint density at radius 3 is 2.86 bits per heavy atom. The molecule has 0 N–H and O–H groups in total. The number of carbonyl (C=O) groups excluding carboxylic acids is 2. The van der Waals surface area contributed by atoms with Gasteiger partial charge in [-0.1, -0.05) is 11.6 Å². The Kier molecular flexibility index (Phi) is 4.67. The van der Waals surface area contributed by atoms with Gasteiger partial charge in [0.05, 0.1) is 11.7 Å². The standard InChI is InChI=1S/C17H24O4/c1-11-6-5-7-17(4)16(21-17)9-14(15(19)8-11)12(2)10-20-13(3)18/h6,16H,5,7-10H2,1-4H3. The molecule has 0 spiro atoms. The summed E-state index contributed by atoms with van der Waals surface area (Å²) in [6, 6.07) is 0. The lowest BCUT2D eigenvalue weighted by atomic mass is 9.89. The minimum Gasteiger partial charge on any atom is -0.461 e. The number of fused-ring (bicyclic) bond motifs is 1. The number of allylic oxidation sites excluding steroid dienone is 2. The van der Waals surface area contributed by atoms with Crippen molar-refractivity contribution in [2.75, 3.05) is 6.61 Å². The third-order valence-corrected chi connectivity index (χ3v) is 4.34. The number of carbonyl (C=O) groups is 2. The number of Topliss-reactive ketones (excluding diaryl/α,β-unsaturated/α-hetero) is 1. The van der Waals surface area contributed by atoms with Crippen LogP contribution >= 0.6 is 0 Å². The summed E-state index contributed by atoms with van der Waals surface area (Å²) in [4.78, 5) is 23.5. The highest BCUT2D eigenvalue weighted by atomic mass is 16.6. The van der Waals surface area contributed by atoms with Crippen LogP contribution in [0.25, 0.3) is 0 Å². The molecule has 1 aliphatic heterocycles. The zero-order valence-corrected chi connectivity index (χ0v) is 13.3. The summed E-state index contributed by atoms with van der Waals surface area (Å²) >= 11 is 0. The molecule has 1 aliphatic carbocycles. The van der Waals surface area contributed by atoms with Crippen molar-refractivity contribution in [1.82, 2.24) is 0 Å². The van der Waals surface area contributed by atoms with E-state index < -0.39 is 0 Å². The molecule has 2 unspecified atom stereocenters. The summed E-state index contributed by atoms with van der Waals surface area (Å²) in [5, 5.41) is 0. The van der Waals surface area contributed by atoms with Crippen LogP contribution in [-0.4, -0.2) is 30.1 Å². The quantitative estimate of drug-likeness (QED) is 0.339. The predicted octanol–water partition coefficient (Wildman–Crippen LogP) is 3.11. The van der Waals surface area contributed by atoms with Gasteiger partial charge in [0.15, 0.2) is 5.78 Å². The minimum absolute atomic E-state index is 0.107. The van der Waals surface area contributed by atoms with E-state index in [1.165, 1.54) is 6.92 Å². The molecule has 21 heavy (non-hydrogen) atoms. The first kappa shape index (κ1) is 16.0. The second kappa shape index (κ2) is 6.14. The van der Waals surface area contributed by atoms with Gasteiger partial charge in [0.25, 0.3) is 0 Å². The summed E-state index contributed by atoms with van der Waals surface area (Å²) in [5.41, 5.74) is 2.59. The molecule has 0 bridgehead atoms. The van der Waals surface area contributed by atoms with Gasteiger partial charge in [0.1, 0.15) is 6.61 Å². The van der Waals surface area contributed by atoms with Crippen LogP contribution in [0.2, 0.25) is 0 Å². The molecule has 4 heteroatoms. The zero-order chi connectivity index (χ0) is 15.6. The molecule has 1 saturated heterocycles. The van der Waals surface area contributed by atoms with E-state index in [2.05, 4.69) is 13.0 Å². The van der Waals surface area contributed by atoms with Crippen molar-refractivity contribution in [2.45, 2.75) is 65.1 Å². The number of hydrogen-bond acceptors (Lipinski definition) is 4. The SMILES string of the molecule is CC(=O)OCC(C)=C1CC2OC2(C)CCC=C(C)CC1=O. The van der Waals surface area contributed by atoms with Crippen LogP contribution in [0.4, 0.5) is 0 Å². The molecule has 0 radical (unpaired) electrons. The maximum atomic E-state index is 12.5. The van der Waals surface area contributed by atoms with Crippen LogP contribution < -0.4 is 0 Å². The van der Waals surface area contributed by atoms with Crippen molar-refractivity contribution in [3.05, 3.63) is 22.8 Å². The third kappa shape index (κ3) is 4.03. The molecule has 2 aliphatic rings. The van der Waals surface area contributed by atoms with Crippen LogP contribution in [0.3, 0.4) is 0 Å². The lowest BCUT2D eigenvalue weighted by Gasteiger charge is -2.14. The summed E-state index contributed by atoms with van der Waals surface area (Å²) in [7, 11) is 0. The number of ketones is 1. The van der Waals surface area contributed by atoms with Gasteiger partial charge in [-0.15, -0.1) is 0 Å². The average Bonchev–Trinajstić information content (AvgIpc) is 3.03. The van der Waals surface area contributed by atoms with Crippen molar-refractivity contribution in [1.29, 1.82) is 0 Å². The first-order chi connectivity index (χ1) is 9.82. The van der Waals surface area contributed by atoms with Gasteiger partial charge in [0, 0.05) is 25.3 Å². The molecule has 0 aromatic heterocycles. The molecule has 2 atom stereocenters. The molecular formula is C17H24O4. The fourth-order valence-corrected chi connectivity index (χ4v) is 2.81. The van der Waals surface area contributed by atoms with E-state index >= 15 is 0 Å². The highest BCUT2D eigenvalue weighted by Gasteiger charge is 2.51. The fraction of sp³-hybridized carbons (Fsp3) is 0.647. The van der Waals surface area contributed by atoms with Gasteiger partial charge in [-0.25, -0.2) is 0 Å². The molecule has 2 rings (SSSR count). The Morgan fingerprint density at radius 2 is 2.19 bits per heavy atom. The summed E-state index contributed by atoms with van der Waals surface area (Å²) in [6.07, 6.45) is 5.24. The Balaban J connectivity index is 2.21. The Labute approximate surface area is 126 Å². The van der Waals surface area contributed by atoms with Gasteiger partial charge in [-0.05, 0) is 39.2 Å². The van der Waals surface area contributed by atoms with E-state index in [0.29, 0.717) is 12.8 Å². The molecule has 0 saturated carbocycles. The van der Waals surface area contributed by atoms with E-state index in [0.717, 1.165) is 29.6 Å². The average molecular weight is 292 g/mol. The number of esters is 1. The molecule has 0 amide bonds. The first-order valence-corrected chi connectivity index (χ1v) is 7.50. The Hall–Kier alpha value is -1.42. The second-order valence-electron chi connectivity index (χ2n) is 6.35. The van der Waals surface area contributed by atoms with Crippen molar-refractivity contribution in [3.63, 3.8) is 0 Å². The number of epoxide rings is 1. The lowest BCUT2D eigenvalue weighted by molar-refractivity contribution is -0.140. The Bertz CT molecular complexity index is 515. The highest BCUT2D eigenvalue weighted by Crippen LogP contribution is 2.45. The van der Waals surface area contributed by atoms with Gasteiger partial charge >= 0.3 is 5.97 Å². The molecule has 116 valence electrons. The molecule has 0 aromatic rings. The molecule has 1 heterocycles. The number of hydrogen-bond donors (Lipinski definition) is 0. The van der Waals surface area contributed by atoms with Gasteiger partial charge in [-0.3, -0.25) is 9.59 Å². The van der Waals surface area contributed by atoms with E-state index in [1.54, 1.807) is 0 Å². The molecule has 4 nitrogen and oxygen atoms in total. The van der Waals surface area contributed by atoms with E-state index in [4.69, 9.17) is 9.47 Å². The van der Waals surface area contributed by atoms with Crippen molar-refractivity contribution in [3.8, 4) is 0 Å². The van der Waals surface area contributed by atoms with Crippen LogP contribution in [0.1, 0.15) is 53.4 Å². The number of rotatable bonds is 2. The maximum Gasteiger partial charge on any atom is 0.302 e. The van der Waals surface area contributed by atoms with Crippen molar-refractivity contribution < 1.29 is 19.1 Å². The van der Waals surface area contributed by atoms with Crippen LogP contribution in [0, 0.1) is 0 Å². The highest BCUT2D eigenvalue weighted by molar-refractivity contribution is 5.97.